The van der Waals surface area contributed by atoms with Crippen LogP contribution in [-0.4, -0.2) is 44.8 Å². The van der Waals surface area contributed by atoms with Crippen LogP contribution in [-0.2, 0) is 0 Å². The SMILES string of the molecule is O=C(N[C@H]1CCN(c2ccc3nncn3n2)C1)c1ccc(Cl)s1. The summed E-state index contributed by atoms with van der Waals surface area (Å²) in [6.07, 6.45) is 2.46. The molecule has 7 nitrogen and oxygen atoms in total. The second-order valence-corrected chi connectivity index (χ2v) is 7.05. The summed E-state index contributed by atoms with van der Waals surface area (Å²) in [6.45, 7) is 1.57. The molecule has 3 aromatic heterocycles. The minimum absolute atomic E-state index is 0.0732. The Morgan fingerprint density at radius 3 is 3.09 bits per heavy atom. The third-order valence-electron chi connectivity index (χ3n) is 3.79. The molecule has 1 N–H and O–H groups in total. The lowest BCUT2D eigenvalue weighted by molar-refractivity contribution is 0.0944. The molecule has 0 aromatic carbocycles. The van der Waals surface area contributed by atoms with E-state index < -0.39 is 0 Å². The van der Waals surface area contributed by atoms with Crippen LogP contribution in [0.4, 0.5) is 5.82 Å². The lowest BCUT2D eigenvalue weighted by Crippen LogP contribution is -2.36. The second-order valence-electron chi connectivity index (χ2n) is 5.33. The fourth-order valence-electron chi connectivity index (χ4n) is 2.67. The number of carbonyl (C=O) groups is 1. The quantitative estimate of drug-likeness (QED) is 0.781. The lowest BCUT2D eigenvalue weighted by Gasteiger charge is -2.17. The van der Waals surface area contributed by atoms with Crippen molar-refractivity contribution in [2.75, 3.05) is 18.0 Å². The fraction of sp³-hybridized carbons (Fsp3) is 0.286. The Morgan fingerprint density at radius 1 is 1.35 bits per heavy atom. The zero-order valence-corrected chi connectivity index (χ0v) is 13.6. The number of hydrogen-bond acceptors (Lipinski definition) is 6. The molecule has 9 heteroatoms. The molecule has 4 rings (SSSR count). The summed E-state index contributed by atoms with van der Waals surface area (Å²) in [5.74, 6) is 0.782. The van der Waals surface area contributed by atoms with Gasteiger partial charge in [0.15, 0.2) is 5.65 Å². The smallest absolute Gasteiger partial charge is 0.261 e. The van der Waals surface area contributed by atoms with Crippen molar-refractivity contribution in [3.05, 3.63) is 39.8 Å². The third kappa shape index (κ3) is 2.87. The van der Waals surface area contributed by atoms with Gasteiger partial charge < -0.3 is 10.2 Å². The minimum Gasteiger partial charge on any atom is -0.353 e. The van der Waals surface area contributed by atoms with Crippen LogP contribution in [0.5, 0.6) is 0 Å². The van der Waals surface area contributed by atoms with E-state index in [2.05, 4.69) is 25.5 Å². The van der Waals surface area contributed by atoms with Crippen LogP contribution in [0.3, 0.4) is 0 Å². The zero-order valence-electron chi connectivity index (χ0n) is 12.0. The molecule has 1 aliphatic rings. The van der Waals surface area contributed by atoms with Crippen LogP contribution in [0.2, 0.25) is 4.34 Å². The number of anilines is 1. The highest BCUT2D eigenvalue weighted by Crippen LogP contribution is 2.22. The van der Waals surface area contributed by atoms with Crippen LogP contribution in [0.15, 0.2) is 30.6 Å². The standard InChI is InChI=1S/C14H13ClN6OS/c15-11-2-1-10(23-11)14(22)17-9-5-6-20(7-9)13-4-3-12-18-16-8-21(12)19-13/h1-4,8-9H,5-7H2,(H,17,22)/t9-/m0/s1. The predicted octanol–water partition coefficient (Wildman–Crippen LogP) is 1.85. The summed E-state index contributed by atoms with van der Waals surface area (Å²) in [6, 6.07) is 7.39. The molecule has 0 saturated carbocycles. The van der Waals surface area contributed by atoms with Crippen molar-refractivity contribution in [1.29, 1.82) is 0 Å². The molecule has 0 bridgehead atoms. The first-order valence-corrected chi connectivity index (χ1v) is 8.37. The third-order valence-corrected chi connectivity index (χ3v) is 5.02. The molecule has 1 aliphatic heterocycles. The summed E-state index contributed by atoms with van der Waals surface area (Å²) in [4.78, 5) is 15.0. The van der Waals surface area contributed by atoms with Gasteiger partial charge in [-0.3, -0.25) is 4.79 Å². The number of nitrogens with one attached hydrogen (secondary N) is 1. The summed E-state index contributed by atoms with van der Waals surface area (Å²) in [5, 5.41) is 15.3. The van der Waals surface area contributed by atoms with Crippen molar-refractivity contribution in [3.63, 3.8) is 0 Å². The van der Waals surface area contributed by atoms with E-state index in [1.165, 1.54) is 11.3 Å². The number of rotatable bonds is 3. The van der Waals surface area contributed by atoms with Gasteiger partial charge in [-0.1, -0.05) is 11.6 Å². The van der Waals surface area contributed by atoms with Crippen LogP contribution in [0.1, 0.15) is 16.1 Å². The molecule has 3 aromatic rings. The van der Waals surface area contributed by atoms with E-state index in [0.29, 0.717) is 14.9 Å². The monoisotopic (exact) mass is 348 g/mol. The summed E-state index contributed by atoms with van der Waals surface area (Å²) < 4.78 is 2.27. The number of hydrogen-bond donors (Lipinski definition) is 1. The van der Waals surface area contributed by atoms with E-state index in [-0.39, 0.29) is 11.9 Å². The summed E-state index contributed by atoms with van der Waals surface area (Å²) in [5.41, 5.74) is 0.715. The van der Waals surface area contributed by atoms with E-state index >= 15 is 0 Å². The Kier molecular flexibility index (Phi) is 3.62. The Bertz CT molecular complexity index is 862. The molecular weight excluding hydrogens is 336 g/mol. The van der Waals surface area contributed by atoms with Crippen molar-refractivity contribution in [2.24, 2.45) is 0 Å². The van der Waals surface area contributed by atoms with Crippen molar-refractivity contribution in [2.45, 2.75) is 12.5 Å². The van der Waals surface area contributed by atoms with Gasteiger partial charge in [0.2, 0.25) is 0 Å². The Labute approximate surface area is 140 Å². The highest BCUT2D eigenvalue weighted by molar-refractivity contribution is 7.18. The van der Waals surface area contributed by atoms with Gasteiger partial charge in [0.1, 0.15) is 12.1 Å². The van der Waals surface area contributed by atoms with Crippen molar-refractivity contribution >= 4 is 40.3 Å². The highest BCUT2D eigenvalue weighted by Gasteiger charge is 2.25. The van der Waals surface area contributed by atoms with E-state index in [1.54, 1.807) is 23.0 Å². The van der Waals surface area contributed by atoms with Gasteiger partial charge in [-0.25, -0.2) is 0 Å². The molecule has 23 heavy (non-hydrogen) atoms. The van der Waals surface area contributed by atoms with Crippen molar-refractivity contribution < 1.29 is 4.79 Å². The molecule has 1 fully saturated rings. The van der Waals surface area contributed by atoms with Gasteiger partial charge >= 0.3 is 0 Å². The second kappa shape index (κ2) is 5.78. The van der Waals surface area contributed by atoms with Crippen LogP contribution in [0.25, 0.3) is 5.65 Å². The molecule has 1 atom stereocenters. The van der Waals surface area contributed by atoms with Crippen LogP contribution < -0.4 is 10.2 Å². The molecule has 0 radical (unpaired) electrons. The topological polar surface area (TPSA) is 75.4 Å². The number of thiophene rings is 1. The van der Waals surface area contributed by atoms with Gasteiger partial charge in [0.25, 0.3) is 5.91 Å². The van der Waals surface area contributed by atoms with Crippen molar-refractivity contribution in [1.82, 2.24) is 25.1 Å². The fourth-order valence-corrected chi connectivity index (χ4v) is 3.61. The number of carbonyl (C=O) groups excluding carboxylic acids is 1. The predicted molar refractivity (Wildman–Crippen MR) is 88.2 cm³/mol. The normalized spacial score (nSPS) is 17.8. The number of amides is 1. The zero-order chi connectivity index (χ0) is 15.8. The Morgan fingerprint density at radius 2 is 2.26 bits per heavy atom. The molecule has 1 saturated heterocycles. The van der Waals surface area contributed by atoms with Gasteiger partial charge in [0.05, 0.1) is 9.21 Å². The maximum Gasteiger partial charge on any atom is 0.261 e. The molecule has 118 valence electrons. The number of fused-ring (bicyclic) bond motifs is 1. The summed E-state index contributed by atoms with van der Waals surface area (Å²) >= 11 is 7.16. The number of aromatic nitrogens is 4. The first-order chi connectivity index (χ1) is 11.2. The van der Waals surface area contributed by atoms with E-state index in [0.717, 1.165) is 25.3 Å². The molecule has 0 spiro atoms. The first-order valence-electron chi connectivity index (χ1n) is 7.17. The van der Waals surface area contributed by atoms with Gasteiger partial charge in [-0.2, -0.15) is 4.52 Å². The average Bonchev–Trinajstić information content (AvgIpc) is 3.26. The number of nitrogens with zero attached hydrogens (tertiary/aromatic N) is 5. The maximum absolute atomic E-state index is 12.2. The lowest BCUT2D eigenvalue weighted by atomic mass is 10.2. The Hall–Kier alpha value is -2.19. The average molecular weight is 349 g/mol. The van der Waals surface area contributed by atoms with Crippen molar-refractivity contribution in [3.8, 4) is 0 Å². The minimum atomic E-state index is -0.0732. The van der Waals surface area contributed by atoms with E-state index in [9.17, 15) is 4.79 Å². The molecule has 1 amide bonds. The first kappa shape index (κ1) is 14.4. The van der Waals surface area contributed by atoms with Crippen LogP contribution in [0, 0.1) is 0 Å². The molecule has 0 unspecified atom stereocenters. The number of halogens is 1. The van der Waals surface area contributed by atoms with Gasteiger partial charge in [0, 0.05) is 19.1 Å². The molecular formula is C14H13ClN6OS. The van der Waals surface area contributed by atoms with E-state index in [1.807, 2.05) is 12.1 Å². The highest BCUT2D eigenvalue weighted by atomic mass is 35.5. The van der Waals surface area contributed by atoms with Gasteiger partial charge in [-0.05, 0) is 30.7 Å². The molecule has 0 aliphatic carbocycles. The molecule has 4 heterocycles. The maximum atomic E-state index is 12.2. The van der Waals surface area contributed by atoms with Gasteiger partial charge in [-0.15, -0.1) is 26.6 Å². The van der Waals surface area contributed by atoms with Crippen LogP contribution >= 0.6 is 22.9 Å². The largest absolute Gasteiger partial charge is 0.353 e. The Balaban J connectivity index is 1.43. The summed E-state index contributed by atoms with van der Waals surface area (Å²) in [7, 11) is 0. The van der Waals surface area contributed by atoms with E-state index in [4.69, 9.17) is 11.6 Å².